The number of carbonyl (C=O) groups excluding carboxylic acids is 3. The molecule has 0 atom stereocenters. The van der Waals surface area contributed by atoms with Gasteiger partial charge in [-0.2, -0.15) is 13.2 Å². The molecule has 1 N–H and O–H groups in total. The zero-order valence-electron chi connectivity index (χ0n) is 20.1. The molecule has 4 rings (SSSR count). The number of nitrogens with zero attached hydrogens (tertiary/aromatic N) is 3. The SMILES string of the molecule is CC1(C)C(=O)N(c2ccc(S(=O)(=O)C(F)(F)F)cc2)C(=O)N1Cc1ccncc1NC(=O)c1ccccc1. The van der Waals surface area contributed by atoms with Crippen LogP contribution in [0.15, 0.2) is 78.0 Å². The van der Waals surface area contributed by atoms with E-state index in [1.807, 2.05) is 0 Å². The van der Waals surface area contributed by atoms with E-state index in [-0.39, 0.29) is 12.2 Å². The lowest BCUT2D eigenvalue weighted by atomic mass is 10.0. The minimum absolute atomic E-state index is 0.0935. The Balaban J connectivity index is 1.61. The van der Waals surface area contributed by atoms with Crippen molar-refractivity contribution < 1.29 is 36.0 Å². The van der Waals surface area contributed by atoms with Gasteiger partial charge in [0.1, 0.15) is 5.54 Å². The molecule has 9 nitrogen and oxygen atoms in total. The molecule has 3 aromatic rings. The summed E-state index contributed by atoms with van der Waals surface area (Å²) in [4.78, 5) is 44.2. The van der Waals surface area contributed by atoms with Gasteiger partial charge in [0.2, 0.25) is 0 Å². The fraction of sp³-hybridized carbons (Fsp3) is 0.200. The van der Waals surface area contributed by atoms with Gasteiger partial charge >= 0.3 is 11.5 Å². The van der Waals surface area contributed by atoms with Crippen molar-refractivity contribution in [3.63, 3.8) is 0 Å². The first-order valence-corrected chi connectivity index (χ1v) is 12.6. The lowest BCUT2D eigenvalue weighted by Gasteiger charge is -2.28. The van der Waals surface area contributed by atoms with Crippen LogP contribution in [0.25, 0.3) is 0 Å². The highest BCUT2D eigenvalue weighted by molar-refractivity contribution is 7.92. The van der Waals surface area contributed by atoms with E-state index in [0.717, 1.165) is 17.0 Å². The number of benzene rings is 2. The van der Waals surface area contributed by atoms with Crippen molar-refractivity contribution in [1.29, 1.82) is 0 Å². The van der Waals surface area contributed by atoms with Gasteiger partial charge in [0, 0.05) is 11.8 Å². The van der Waals surface area contributed by atoms with Crippen LogP contribution in [-0.2, 0) is 21.2 Å². The molecule has 0 bridgehead atoms. The van der Waals surface area contributed by atoms with E-state index in [0.29, 0.717) is 28.9 Å². The number of urea groups is 1. The van der Waals surface area contributed by atoms with Crippen LogP contribution in [0.5, 0.6) is 0 Å². The molecule has 1 aromatic heterocycles. The van der Waals surface area contributed by atoms with Crippen molar-refractivity contribution in [2.75, 3.05) is 10.2 Å². The molecule has 1 saturated heterocycles. The number of carbonyl (C=O) groups is 3. The minimum Gasteiger partial charge on any atom is -0.320 e. The van der Waals surface area contributed by atoms with Crippen LogP contribution in [0.4, 0.5) is 29.3 Å². The van der Waals surface area contributed by atoms with E-state index in [4.69, 9.17) is 0 Å². The standard InChI is InChI=1S/C25H21F3N4O5S/c1-24(2)22(34)32(18-8-10-19(11-9-18)38(36,37)25(26,27)28)23(35)31(24)15-17-12-13-29-14-20(17)30-21(33)16-6-4-3-5-7-16/h3-14H,15H2,1-2H3,(H,30,33). The maximum absolute atomic E-state index is 13.4. The van der Waals surface area contributed by atoms with Crippen molar-refractivity contribution in [2.24, 2.45) is 0 Å². The average Bonchev–Trinajstić information content (AvgIpc) is 3.04. The molecule has 0 spiro atoms. The number of nitrogens with one attached hydrogen (secondary N) is 1. The van der Waals surface area contributed by atoms with Crippen molar-refractivity contribution in [3.05, 3.63) is 84.2 Å². The van der Waals surface area contributed by atoms with Crippen LogP contribution in [0, 0.1) is 0 Å². The number of pyridine rings is 1. The summed E-state index contributed by atoms with van der Waals surface area (Å²) >= 11 is 0. The van der Waals surface area contributed by atoms with Crippen molar-refractivity contribution in [1.82, 2.24) is 9.88 Å². The van der Waals surface area contributed by atoms with Gasteiger partial charge in [-0.25, -0.2) is 18.1 Å². The first-order valence-electron chi connectivity index (χ1n) is 11.1. The quantitative estimate of drug-likeness (QED) is 0.459. The number of amides is 4. The minimum atomic E-state index is -5.59. The second-order valence-corrected chi connectivity index (χ2v) is 10.8. The van der Waals surface area contributed by atoms with Gasteiger partial charge in [0.15, 0.2) is 0 Å². The predicted molar refractivity (Wildman–Crippen MR) is 131 cm³/mol. The monoisotopic (exact) mass is 546 g/mol. The zero-order chi connectivity index (χ0) is 27.9. The van der Waals surface area contributed by atoms with Crippen LogP contribution in [0.2, 0.25) is 0 Å². The highest BCUT2D eigenvalue weighted by atomic mass is 32.2. The third-order valence-corrected chi connectivity index (χ3v) is 7.56. The number of alkyl halides is 3. The summed E-state index contributed by atoms with van der Waals surface area (Å²) in [5.74, 6) is -1.07. The highest BCUT2D eigenvalue weighted by Crippen LogP contribution is 2.36. The van der Waals surface area contributed by atoms with E-state index < -0.39 is 43.6 Å². The van der Waals surface area contributed by atoms with Crippen molar-refractivity contribution in [2.45, 2.75) is 36.3 Å². The van der Waals surface area contributed by atoms with Gasteiger partial charge in [-0.1, -0.05) is 18.2 Å². The molecular weight excluding hydrogens is 525 g/mol. The third kappa shape index (κ3) is 4.72. The number of halogens is 3. The van der Waals surface area contributed by atoms with Crippen LogP contribution in [-0.4, -0.2) is 47.2 Å². The molecule has 1 aliphatic rings. The number of sulfone groups is 1. The number of anilines is 2. The number of imide groups is 1. The number of hydrogen-bond acceptors (Lipinski definition) is 6. The maximum Gasteiger partial charge on any atom is 0.501 e. The summed E-state index contributed by atoms with van der Waals surface area (Å²) in [6.07, 6.45) is 2.86. The highest BCUT2D eigenvalue weighted by Gasteiger charge is 2.52. The van der Waals surface area contributed by atoms with E-state index in [1.54, 1.807) is 36.4 Å². The Morgan fingerprint density at radius 3 is 2.24 bits per heavy atom. The number of rotatable bonds is 6. The zero-order valence-corrected chi connectivity index (χ0v) is 20.9. The summed E-state index contributed by atoms with van der Waals surface area (Å²) in [6, 6.07) is 12.5. The summed E-state index contributed by atoms with van der Waals surface area (Å²) < 4.78 is 61.9. The van der Waals surface area contributed by atoms with E-state index in [9.17, 15) is 36.0 Å². The smallest absolute Gasteiger partial charge is 0.320 e. The average molecular weight is 547 g/mol. The lowest BCUT2D eigenvalue weighted by molar-refractivity contribution is -0.123. The topological polar surface area (TPSA) is 117 Å². The molecule has 4 amide bonds. The predicted octanol–water partition coefficient (Wildman–Crippen LogP) is 4.37. The van der Waals surface area contributed by atoms with Crippen molar-refractivity contribution >= 4 is 39.1 Å². The van der Waals surface area contributed by atoms with Gasteiger partial charge in [-0.15, -0.1) is 0 Å². The molecule has 0 radical (unpaired) electrons. The second-order valence-electron chi connectivity index (χ2n) is 8.86. The Bertz CT molecular complexity index is 1510. The van der Waals surface area contributed by atoms with Gasteiger partial charge in [-0.3, -0.25) is 14.6 Å². The second kappa shape index (κ2) is 9.56. The molecule has 2 aromatic carbocycles. The summed E-state index contributed by atoms with van der Waals surface area (Å²) in [6.45, 7) is 2.89. The molecule has 0 saturated carbocycles. The largest absolute Gasteiger partial charge is 0.501 e. The van der Waals surface area contributed by atoms with Gasteiger partial charge < -0.3 is 10.2 Å². The fourth-order valence-corrected chi connectivity index (χ4v) is 4.63. The Kier molecular flexibility index (Phi) is 6.74. The molecule has 198 valence electrons. The van der Waals surface area contributed by atoms with E-state index in [1.165, 1.54) is 31.1 Å². The van der Waals surface area contributed by atoms with Crippen LogP contribution in [0.1, 0.15) is 29.8 Å². The molecule has 38 heavy (non-hydrogen) atoms. The van der Waals surface area contributed by atoms with E-state index in [2.05, 4.69) is 10.3 Å². The Hall–Kier alpha value is -4.26. The number of aromatic nitrogens is 1. The van der Waals surface area contributed by atoms with Gasteiger partial charge in [-0.05, 0) is 61.9 Å². The number of hydrogen-bond donors (Lipinski definition) is 1. The third-order valence-electron chi connectivity index (χ3n) is 6.06. The first-order chi connectivity index (χ1) is 17.7. The Morgan fingerprint density at radius 1 is 1.00 bits per heavy atom. The molecule has 0 aliphatic carbocycles. The van der Waals surface area contributed by atoms with E-state index >= 15 is 0 Å². The Morgan fingerprint density at radius 2 is 1.63 bits per heavy atom. The van der Waals surface area contributed by atoms with Crippen LogP contribution >= 0.6 is 0 Å². The summed E-state index contributed by atoms with van der Waals surface area (Å²) in [7, 11) is -5.59. The van der Waals surface area contributed by atoms with Crippen molar-refractivity contribution in [3.8, 4) is 0 Å². The maximum atomic E-state index is 13.4. The normalized spacial score (nSPS) is 15.6. The van der Waals surface area contributed by atoms with Crippen LogP contribution < -0.4 is 10.2 Å². The van der Waals surface area contributed by atoms with Gasteiger partial charge in [0.05, 0.1) is 29.0 Å². The summed E-state index contributed by atoms with van der Waals surface area (Å²) in [5.41, 5.74) is -5.77. The molecule has 1 fully saturated rings. The first kappa shape index (κ1) is 26.8. The van der Waals surface area contributed by atoms with Crippen LogP contribution in [0.3, 0.4) is 0 Å². The lowest BCUT2D eigenvalue weighted by Crippen LogP contribution is -2.43. The van der Waals surface area contributed by atoms with Gasteiger partial charge in [0.25, 0.3) is 21.7 Å². The Labute approximate surface area is 215 Å². The molecule has 13 heteroatoms. The molecule has 0 unspecified atom stereocenters. The molecule has 1 aliphatic heterocycles. The fourth-order valence-electron chi connectivity index (χ4n) is 3.86. The molecule has 2 heterocycles. The molecular formula is C25H21F3N4O5S. The summed E-state index contributed by atoms with van der Waals surface area (Å²) in [5, 5.41) is 2.74.